The number of benzene rings is 4. The van der Waals surface area contributed by atoms with E-state index in [1.54, 1.807) is 0 Å². The lowest BCUT2D eigenvalue weighted by Gasteiger charge is -2.19. The molecule has 0 saturated heterocycles. The molecule has 0 radical (unpaired) electrons. The highest BCUT2D eigenvalue weighted by Gasteiger charge is 2.19. The number of nitrogens with zero attached hydrogens (tertiary/aromatic N) is 1. The zero-order chi connectivity index (χ0) is 23.6. The van der Waals surface area contributed by atoms with Gasteiger partial charge in [-0.05, 0) is 47.5 Å². The van der Waals surface area contributed by atoms with Crippen molar-refractivity contribution in [3.8, 4) is 17.6 Å². The first-order valence-corrected chi connectivity index (χ1v) is 10.8. The Kier molecular flexibility index (Phi) is 7.35. The third kappa shape index (κ3) is 5.90. The number of carbonyl (C=O) groups is 1. The quantitative estimate of drug-likeness (QED) is 0.250. The van der Waals surface area contributed by atoms with Gasteiger partial charge in [0.05, 0.1) is 6.04 Å². The van der Waals surface area contributed by atoms with Crippen LogP contribution in [0.2, 0.25) is 0 Å². The normalized spacial score (nSPS) is 10.9. The largest absolute Gasteiger partial charge is 0.457 e. The maximum Gasteiger partial charge on any atom is 0.264 e. The molecule has 0 bridgehead atoms. The second-order valence-corrected chi connectivity index (χ2v) is 7.48. The topological polar surface area (TPSA) is 74.1 Å². The zero-order valence-electron chi connectivity index (χ0n) is 18.4. The molecular formula is C29H23N3O2. The second kappa shape index (κ2) is 11.2. The summed E-state index contributed by atoms with van der Waals surface area (Å²) in [5.41, 5.74) is 2.56. The molecule has 0 aliphatic rings. The van der Waals surface area contributed by atoms with Crippen molar-refractivity contribution in [1.82, 2.24) is 5.32 Å². The van der Waals surface area contributed by atoms with Gasteiger partial charge in [-0.1, -0.05) is 78.9 Å². The molecule has 2 N–H and O–H groups in total. The van der Waals surface area contributed by atoms with Gasteiger partial charge in [0, 0.05) is 11.9 Å². The summed E-state index contributed by atoms with van der Waals surface area (Å²) in [5.74, 6) is 0.974. The minimum Gasteiger partial charge on any atom is -0.457 e. The maximum absolute atomic E-state index is 12.9. The van der Waals surface area contributed by atoms with Gasteiger partial charge in [-0.25, -0.2) is 0 Å². The number of ether oxygens (including phenoxy) is 1. The number of carbonyl (C=O) groups excluding carboxylic acids is 1. The molecular weight excluding hydrogens is 422 g/mol. The van der Waals surface area contributed by atoms with Gasteiger partial charge in [0.1, 0.15) is 23.1 Å². The summed E-state index contributed by atoms with van der Waals surface area (Å²) in [7, 11) is 0. The standard InChI is InChI=1S/C29H23N3O2/c30-20-24(21-31-25-16-18-27(19-17-25)34-26-14-8-3-9-15-26)29(33)32-28(22-10-4-1-5-11-22)23-12-6-2-7-13-23/h1-19,21,28,31H,(H,32,33)/b24-21-. The first kappa shape index (κ1) is 22.4. The van der Waals surface area contributed by atoms with Gasteiger partial charge in [0.25, 0.3) is 5.91 Å². The summed E-state index contributed by atoms with van der Waals surface area (Å²) >= 11 is 0. The molecule has 0 aliphatic carbocycles. The Bertz CT molecular complexity index is 1240. The minimum atomic E-state index is -0.461. The van der Waals surface area contributed by atoms with Gasteiger partial charge < -0.3 is 15.4 Å². The molecule has 1 amide bonds. The number of nitriles is 1. The van der Waals surface area contributed by atoms with Gasteiger partial charge in [-0.3, -0.25) is 4.79 Å². The molecule has 0 aromatic heterocycles. The van der Waals surface area contributed by atoms with E-state index in [1.165, 1.54) is 6.20 Å². The van der Waals surface area contributed by atoms with Crippen molar-refractivity contribution in [2.45, 2.75) is 6.04 Å². The summed E-state index contributed by atoms with van der Waals surface area (Å²) in [6.07, 6.45) is 1.41. The molecule has 0 spiro atoms. The van der Waals surface area contributed by atoms with E-state index in [9.17, 15) is 10.1 Å². The Morgan fingerprint density at radius 2 is 1.24 bits per heavy atom. The van der Waals surface area contributed by atoms with Crippen LogP contribution in [0.25, 0.3) is 0 Å². The number of para-hydroxylation sites is 1. The highest BCUT2D eigenvalue weighted by Crippen LogP contribution is 2.24. The Hall–Kier alpha value is -4.82. The number of nitrogens with one attached hydrogen (secondary N) is 2. The smallest absolute Gasteiger partial charge is 0.264 e. The van der Waals surface area contributed by atoms with E-state index in [-0.39, 0.29) is 11.6 Å². The first-order valence-electron chi connectivity index (χ1n) is 10.8. The van der Waals surface area contributed by atoms with Crippen molar-refractivity contribution >= 4 is 11.6 Å². The number of hydrogen-bond donors (Lipinski definition) is 2. The lowest BCUT2D eigenvalue weighted by Crippen LogP contribution is -2.30. The van der Waals surface area contributed by atoms with E-state index >= 15 is 0 Å². The van der Waals surface area contributed by atoms with Crippen LogP contribution in [0.15, 0.2) is 127 Å². The van der Waals surface area contributed by atoms with Crippen LogP contribution in [0.4, 0.5) is 5.69 Å². The van der Waals surface area contributed by atoms with E-state index in [0.717, 1.165) is 22.6 Å². The summed E-state index contributed by atoms with van der Waals surface area (Å²) in [6, 6.07) is 37.7. The molecule has 166 valence electrons. The monoisotopic (exact) mass is 445 g/mol. The predicted octanol–water partition coefficient (Wildman–Crippen LogP) is 6.20. The maximum atomic E-state index is 12.9. The summed E-state index contributed by atoms with van der Waals surface area (Å²) < 4.78 is 5.79. The molecule has 34 heavy (non-hydrogen) atoms. The van der Waals surface area contributed by atoms with Crippen LogP contribution in [-0.2, 0) is 4.79 Å². The Morgan fingerprint density at radius 1 is 0.735 bits per heavy atom. The first-order chi connectivity index (χ1) is 16.7. The van der Waals surface area contributed by atoms with Crippen molar-refractivity contribution < 1.29 is 9.53 Å². The molecule has 0 aliphatic heterocycles. The summed E-state index contributed by atoms with van der Waals surface area (Å²) in [5, 5.41) is 15.6. The molecule has 0 heterocycles. The average Bonchev–Trinajstić information content (AvgIpc) is 2.90. The molecule has 0 atom stereocenters. The van der Waals surface area contributed by atoms with E-state index in [0.29, 0.717) is 5.75 Å². The zero-order valence-corrected chi connectivity index (χ0v) is 18.4. The molecule has 0 unspecified atom stereocenters. The molecule has 5 nitrogen and oxygen atoms in total. The van der Waals surface area contributed by atoms with Crippen LogP contribution in [-0.4, -0.2) is 5.91 Å². The Labute approximate surface area is 199 Å². The fourth-order valence-corrected chi connectivity index (χ4v) is 3.41. The van der Waals surface area contributed by atoms with Crippen LogP contribution in [0, 0.1) is 11.3 Å². The number of hydrogen-bond acceptors (Lipinski definition) is 4. The molecule has 0 fully saturated rings. The van der Waals surface area contributed by atoms with E-state index in [1.807, 2.05) is 121 Å². The van der Waals surface area contributed by atoms with Crippen LogP contribution >= 0.6 is 0 Å². The SMILES string of the molecule is N#C/C(=C/Nc1ccc(Oc2ccccc2)cc1)C(=O)NC(c1ccccc1)c1ccccc1. The van der Waals surface area contributed by atoms with Crippen LogP contribution < -0.4 is 15.4 Å². The Morgan fingerprint density at radius 3 is 1.76 bits per heavy atom. The summed E-state index contributed by atoms with van der Waals surface area (Å²) in [6.45, 7) is 0. The van der Waals surface area contributed by atoms with Crippen molar-refractivity contribution in [1.29, 1.82) is 5.26 Å². The fourth-order valence-electron chi connectivity index (χ4n) is 3.41. The van der Waals surface area contributed by atoms with E-state index < -0.39 is 5.91 Å². The van der Waals surface area contributed by atoms with E-state index in [4.69, 9.17) is 4.74 Å². The van der Waals surface area contributed by atoms with Crippen molar-refractivity contribution in [2.75, 3.05) is 5.32 Å². The van der Waals surface area contributed by atoms with Crippen molar-refractivity contribution in [2.24, 2.45) is 0 Å². The van der Waals surface area contributed by atoms with Crippen LogP contribution in [0.3, 0.4) is 0 Å². The molecule has 0 saturated carbocycles. The fraction of sp³-hybridized carbons (Fsp3) is 0.0345. The van der Waals surface area contributed by atoms with Crippen molar-refractivity contribution in [3.63, 3.8) is 0 Å². The third-order valence-electron chi connectivity index (χ3n) is 5.12. The molecule has 5 heteroatoms. The van der Waals surface area contributed by atoms with Crippen molar-refractivity contribution in [3.05, 3.63) is 138 Å². The highest BCUT2D eigenvalue weighted by atomic mass is 16.5. The van der Waals surface area contributed by atoms with Crippen LogP contribution in [0.1, 0.15) is 17.2 Å². The second-order valence-electron chi connectivity index (χ2n) is 7.48. The van der Waals surface area contributed by atoms with Gasteiger partial charge in [-0.2, -0.15) is 5.26 Å². The van der Waals surface area contributed by atoms with Gasteiger partial charge in [0.15, 0.2) is 0 Å². The lowest BCUT2D eigenvalue weighted by atomic mass is 9.98. The third-order valence-corrected chi connectivity index (χ3v) is 5.12. The number of rotatable bonds is 8. The van der Waals surface area contributed by atoms with Crippen LogP contribution in [0.5, 0.6) is 11.5 Å². The number of anilines is 1. The minimum absolute atomic E-state index is 0.0264. The molecule has 4 aromatic carbocycles. The predicted molar refractivity (Wildman–Crippen MR) is 133 cm³/mol. The van der Waals surface area contributed by atoms with Gasteiger partial charge >= 0.3 is 0 Å². The van der Waals surface area contributed by atoms with Gasteiger partial charge in [0.2, 0.25) is 0 Å². The average molecular weight is 446 g/mol. The summed E-state index contributed by atoms with van der Waals surface area (Å²) in [4.78, 5) is 12.9. The van der Waals surface area contributed by atoms with E-state index in [2.05, 4.69) is 10.6 Å². The Balaban J connectivity index is 1.45. The number of amides is 1. The highest BCUT2D eigenvalue weighted by molar-refractivity contribution is 5.98. The molecule has 4 rings (SSSR count). The van der Waals surface area contributed by atoms with Gasteiger partial charge in [-0.15, -0.1) is 0 Å². The lowest BCUT2D eigenvalue weighted by molar-refractivity contribution is -0.117. The molecule has 4 aromatic rings.